The number of aromatic amines is 1. The van der Waals surface area contributed by atoms with E-state index in [1.54, 1.807) is 7.11 Å². The number of nitrogens with one attached hydrogen (secondary N) is 2. The number of carbonyl (C=O) groups is 1. The van der Waals surface area contributed by atoms with Crippen LogP contribution in [0.5, 0.6) is 5.75 Å². The Balaban J connectivity index is 1.30. The van der Waals surface area contributed by atoms with Crippen molar-refractivity contribution < 1.29 is 9.53 Å². The van der Waals surface area contributed by atoms with E-state index in [-0.39, 0.29) is 11.8 Å². The molecule has 1 fully saturated rings. The lowest BCUT2D eigenvalue weighted by atomic mass is 9.92. The second kappa shape index (κ2) is 10.5. The Kier molecular flexibility index (Phi) is 7.00. The highest BCUT2D eigenvalue weighted by atomic mass is 16.5. The minimum absolute atomic E-state index is 0.143. The highest BCUT2D eigenvalue weighted by molar-refractivity contribution is 5.93. The lowest BCUT2D eigenvalue weighted by Gasteiger charge is -2.31. The summed E-state index contributed by atoms with van der Waals surface area (Å²) in [6, 6.07) is 16.8. The molecule has 0 radical (unpaired) electrons. The molecule has 2 N–H and O–H groups in total. The molecule has 5 rings (SSSR count). The summed E-state index contributed by atoms with van der Waals surface area (Å²) in [7, 11) is 1.71. The Morgan fingerprint density at radius 3 is 2.71 bits per heavy atom. The van der Waals surface area contributed by atoms with Gasteiger partial charge in [-0.15, -0.1) is 0 Å². The molecule has 5 nitrogen and oxygen atoms in total. The largest absolute Gasteiger partial charge is 0.497 e. The van der Waals surface area contributed by atoms with Crippen LogP contribution < -0.4 is 10.1 Å². The van der Waals surface area contributed by atoms with Crippen LogP contribution in [0.1, 0.15) is 55.6 Å². The van der Waals surface area contributed by atoms with Crippen molar-refractivity contribution in [2.45, 2.75) is 50.5 Å². The molecule has 1 unspecified atom stereocenters. The minimum atomic E-state index is -0.143. The minimum Gasteiger partial charge on any atom is -0.497 e. The second-order valence-corrected chi connectivity index (χ2v) is 9.66. The van der Waals surface area contributed by atoms with Crippen molar-refractivity contribution in [3.8, 4) is 5.75 Å². The first-order chi connectivity index (χ1) is 16.7. The molecule has 1 aromatic heterocycles. The molecule has 3 aromatic rings. The number of amides is 1. The van der Waals surface area contributed by atoms with Gasteiger partial charge in [0, 0.05) is 48.3 Å². The topological polar surface area (TPSA) is 57.4 Å². The number of ether oxygens (including phenoxy) is 1. The molecule has 0 saturated heterocycles. The number of benzene rings is 2. The summed E-state index contributed by atoms with van der Waals surface area (Å²) in [6.07, 6.45) is 11.4. The van der Waals surface area contributed by atoms with Crippen LogP contribution in [0.4, 0.5) is 0 Å². The van der Waals surface area contributed by atoms with Crippen molar-refractivity contribution in [1.82, 2.24) is 15.2 Å². The Bertz CT molecular complexity index is 1140. The molecule has 1 aliphatic carbocycles. The van der Waals surface area contributed by atoms with Gasteiger partial charge in [0.25, 0.3) is 0 Å². The van der Waals surface area contributed by atoms with Crippen LogP contribution in [0.3, 0.4) is 0 Å². The van der Waals surface area contributed by atoms with E-state index in [1.807, 2.05) is 24.3 Å². The molecule has 0 spiro atoms. The van der Waals surface area contributed by atoms with E-state index in [0.717, 1.165) is 55.7 Å². The molecular formula is C29H35N3O2. The third-order valence-corrected chi connectivity index (χ3v) is 7.44. The maximum absolute atomic E-state index is 13.4. The van der Waals surface area contributed by atoms with Gasteiger partial charge in [0.2, 0.25) is 5.91 Å². The Morgan fingerprint density at radius 2 is 1.97 bits per heavy atom. The Hall–Kier alpha value is -3.05. The number of H-pyrrole nitrogens is 1. The molecular weight excluding hydrogens is 422 g/mol. The van der Waals surface area contributed by atoms with Crippen LogP contribution in [0.25, 0.3) is 16.5 Å². The van der Waals surface area contributed by atoms with Gasteiger partial charge in [-0.1, -0.05) is 55.7 Å². The van der Waals surface area contributed by atoms with E-state index in [0.29, 0.717) is 6.04 Å². The Morgan fingerprint density at radius 1 is 1.15 bits per heavy atom. The summed E-state index contributed by atoms with van der Waals surface area (Å²) in [4.78, 5) is 19.2. The molecule has 5 heteroatoms. The summed E-state index contributed by atoms with van der Waals surface area (Å²) >= 11 is 0. The van der Waals surface area contributed by atoms with Gasteiger partial charge < -0.3 is 15.0 Å². The highest BCUT2D eigenvalue weighted by Crippen LogP contribution is 2.32. The lowest BCUT2D eigenvalue weighted by molar-refractivity contribution is -0.123. The zero-order chi connectivity index (χ0) is 23.3. The SMILES string of the molecule is COc1ccc2[nH]cc(C3=CCN(CC(C(=O)NC4CCCCC4)c4ccccc4)CC3)c2c1. The van der Waals surface area contributed by atoms with Crippen molar-refractivity contribution in [3.63, 3.8) is 0 Å². The average molecular weight is 458 g/mol. The number of hydrogen-bond donors (Lipinski definition) is 2. The molecule has 1 saturated carbocycles. The van der Waals surface area contributed by atoms with E-state index in [4.69, 9.17) is 4.74 Å². The molecule has 1 amide bonds. The van der Waals surface area contributed by atoms with Gasteiger partial charge in [-0.3, -0.25) is 9.69 Å². The van der Waals surface area contributed by atoms with Crippen molar-refractivity contribution >= 4 is 22.4 Å². The predicted octanol–water partition coefficient (Wildman–Crippen LogP) is 5.50. The van der Waals surface area contributed by atoms with Gasteiger partial charge in [-0.2, -0.15) is 0 Å². The highest BCUT2D eigenvalue weighted by Gasteiger charge is 2.27. The van der Waals surface area contributed by atoms with Crippen LogP contribution in [0.2, 0.25) is 0 Å². The van der Waals surface area contributed by atoms with Crippen LogP contribution in [0, 0.1) is 0 Å². The first kappa shape index (κ1) is 22.7. The summed E-state index contributed by atoms with van der Waals surface area (Å²) in [5.74, 6) is 0.910. The first-order valence-corrected chi connectivity index (χ1v) is 12.6. The third-order valence-electron chi connectivity index (χ3n) is 7.44. The molecule has 2 aromatic carbocycles. The number of carbonyl (C=O) groups excluding carboxylic acids is 1. The molecule has 2 heterocycles. The van der Waals surface area contributed by atoms with Gasteiger partial charge >= 0.3 is 0 Å². The fourth-order valence-corrected chi connectivity index (χ4v) is 5.45. The molecule has 34 heavy (non-hydrogen) atoms. The predicted molar refractivity (Wildman–Crippen MR) is 138 cm³/mol. The smallest absolute Gasteiger partial charge is 0.229 e. The van der Waals surface area contributed by atoms with Crippen molar-refractivity contribution in [3.05, 3.63) is 71.9 Å². The van der Waals surface area contributed by atoms with E-state index < -0.39 is 0 Å². The van der Waals surface area contributed by atoms with Gasteiger partial charge in [0.15, 0.2) is 0 Å². The van der Waals surface area contributed by atoms with Crippen LogP contribution in [-0.4, -0.2) is 48.6 Å². The van der Waals surface area contributed by atoms with Gasteiger partial charge in [-0.05, 0) is 48.6 Å². The molecule has 1 atom stereocenters. The standard InChI is InChI=1S/C29H35N3O2/c1-34-24-12-13-28-25(18-24)26(19-30-28)22-14-16-32(17-15-22)20-27(21-8-4-2-5-9-21)29(33)31-23-10-6-3-7-11-23/h2,4-5,8-9,12-14,18-19,23,27,30H,3,6-7,10-11,15-17,20H2,1H3,(H,31,33). The van der Waals surface area contributed by atoms with E-state index >= 15 is 0 Å². The quantitative estimate of drug-likeness (QED) is 0.493. The van der Waals surface area contributed by atoms with E-state index in [2.05, 4.69) is 51.7 Å². The first-order valence-electron chi connectivity index (χ1n) is 12.6. The molecule has 2 aliphatic rings. The summed E-state index contributed by atoms with van der Waals surface area (Å²) < 4.78 is 5.43. The maximum atomic E-state index is 13.4. The van der Waals surface area contributed by atoms with Crippen molar-refractivity contribution in [1.29, 1.82) is 0 Å². The number of nitrogens with zero attached hydrogens (tertiary/aromatic N) is 1. The van der Waals surface area contributed by atoms with E-state index in [9.17, 15) is 4.79 Å². The molecule has 0 bridgehead atoms. The summed E-state index contributed by atoms with van der Waals surface area (Å²) in [6.45, 7) is 2.54. The van der Waals surface area contributed by atoms with Crippen LogP contribution >= 0.6 is 0 Å². The lowest BCUT2D eigenvalue weighted by Crippen LogP contribution is -2.43. The van der Waals surface area contributed by atoms with Gasteiger partial charge in [0.05, 0.1) is 13.0 Å². The van der Waals surface area contributed by atoms with Crippen LogP contribution in [-0.2, 0) is 4.79 Å². The third kappa shape index (κ3) is 5.05. The van der Waals surface area contributed by atoms with Crippen molar-refractivity contribution in [2.75, 3.05) is 26.7 Å². The van der Waals surface area contributed by atoms with E-state index in [1.165, 1.54) is 35.8 Å². The Labute approximate surface area is 202 Å². The fourth-order valence-electron chi connectivity index (χ4n) is 5.45. The number of methoxy groups -OCH3 is 1. The number of fused-ring (bicyclic) bond motifs is 1. The normalized spacial score (nSPS) is 18.4. The number of aromatic nitrogens is 1. The number of hydrogen-bond acceptors (Lipinski definition) is 3. The second-order valence-electron chi connectivity index (χ2n) is 9.66. The molecule has 178 valence electrons. The van der Waals surface area contributed by atoms with Gasteiger partial charge in [0.1, 0.15) is 5.75 Å². The monoisotopic (exact) mass is 457 g/mol. The summed E-state index contributed by atoms with van der Waals surface area (Å²) in [5, 5.41) is 4.57. The van der Waals surface area contributed by atoms with Gasteiger partial charge in [-0.25, -0.2) is 0 Å². The summed E-state index contributed by atoms with van der Waals surface area (Å²) in [5.41, 5.74) is 4.85. The number of rotatable bonds is 7. The maximum Gasteiger partial charge on any atom is 0.229 e. The average Bonchev–Trinajstić information content (AvgIpc) is 3.32. The zero-order valence-corrected chi connectivity index (χ0v) is 20.1. The van der Waals surface area contributed by atoms with Crippen molar-refractivity contribution in [2.24, 2.45) is 0 Å². The fraction of sp³-hybridized carbons (Fsp3) is 0.414. The van der Waals surface area contributed by atoms with Crippen LogP contribution in [0.15, 0.2) is 60.8 Å². The zero-order valence-electron chi connectivity index (χ0n) is 20.1. The molecule has 1 aliphatic heterocycles.